The van der Waals surface area contributed by atoms with Crippen molar-refractivity contribution in [2.45, 2.75) is 58.5 Å². The number of methoxy groups -OCH3 is 2. The van der Waals surface area contributed by atoms with Gasteiger partial charge in [0.05, 0.1) is 32.5 Å². The Kier molecular flexibility index (Phi) is 12.9. The zero-order valence-corrected chi connectivity index (χ0v) is 26.9. The van der Waals surface area contributed by atoms with Crippen molar-refractivity contribution in [3.05, 3.63) is 101 Å². The van der Waals surface area contributed by atoms with Crippen LogP contribution in [0.4, 0.5) is 14.6 Å². The summed E-state index contributed by atoms with van der Waals surface area (Å²) in [6.45, 7) is 5.37. The fraction of sp³-hybridized carbons (Fsp3) is 0.324. The van der Waals surface area contributed by atoms with Crippen molar-refractivity contribution < 1.29 is 37.4 Å². The molecule has 248 valence electrons. The number of ether oxygens (including phenoxy) is 3. The molecule has 0 spiro atoms. The summed E-state index contributed by atoms with van der Waals surface area (Å²) in [5, 5.41) is 0. The van der Waals surface area contributed by atoms with Crippen molar-refractivity contribution in [3.8, 4) is 11.8 Å². The van der Waals surface area contributed by atoms with Gasteiger partial charge in [-0.3, -0.25) is 24.4 Å². The number of esters is 1. The number of carbonyl (C=O) groups excluding carboxylic acids is 3. The van der Waals surface area contributed by atoms with Crippen LogP contribution in [0.1, 0.15) is 71.4 Å². The van der Waals surface area contributed by atoms with Gasteiger partial charge in [-0.1, -0.05) is 0 Å². The Morgan fingerprint density at radius 3 is 1.62 bits per heavy atom. The van der Waals surface area contributed by atoms with Gasteiger partial charge in [0.25, 0.3) is 0 Å². The van der Waals surface area contributed by atoms with E-state index in [0.29, 0.717) is 46.9 Å². The molecular weight excluding hydrogens is 612 g/mol. The molecule has 0 atom stereocenters. The zero-order chi connectivity index (χ0) is 34.6. The molecule has 2 aromatic heterocycles. The third-order valence-electron chi connectivity index (χ3n) is 6.33. The van der Waals surface area contributed by atoms with Crippen molar-refractivity contribution in [2.75, 3.05) is 20.0 Å². The van der Waals surface area contributed by atoms with E-state index in [9.17, 15) is 23.2 Å². The number of anilines is 1. The summed E-state index contributed by atoms with van der Waals surface area (Å²) in [6.07, 6.45) is 3.99. The van der Waals surface area contributed by atoms with Gasteiger partial charge in [-0.05, 0) is 69.3 Å². The van der Waals surface area contributed by atoms with Gasteiger partial charge in [0.2, 0.25) is 11.8 Å². The summed E-state index contributed by atoms with van der Waals surface area (Å²) in [7, 11) is 2.92. The van der Waals surface area contributed by atoms with Gasteiger partial charge in [-0.15, -0.1) is 0 Å². The Morgan fingerprint density at radius 1 is 0.723 bits per heavy atom. The predicted molar refractivity (Wildman–Crippen MR) is 169 cm³/mol. The van der Waals surface area contributed by atoms with Crippen LogP contribution >= 0.6 is 0 Å². The average Bonchev–Trinajstić information content (AvgIpc) is 3.03. The van der Waals surface area contributed by atoms with E-state index in [1.54, 1.807) is 20.8 Å². The summed E-state index contributed by atoms with van der Waals surface area (Å²) in [5.74, 6) is -0.539. The molecule has 2 N–H and O–H groups in total. The van der Waals surface area contributed by atoms with Gasteiger partial charge in [0.15, 0.2) is 11.6 Å². The van der Waals surface area contributed by atoms with Crippen LogP contribution in [0.2, 0.25) is 0 Å². The van der Waals surface area contributed by atoms with Crippen LogP contribution in [0.5, 0.6) is 11.8 Å². The summed E-state index contributed by atoms with van der Waals surface area (Å²) in [4.78, 5) is 52.7. The minimum Gasteiger partial charge on any atom is -0.480 e. The number of nitrogens with two attached hydrogens (primary N) is 1. The van der Waals surface area contributed by atoms with E-state index in [4.69, 9.17) is 19.9 Å². The molecule has 0 radical (unpaired) electrons. The number of carbonyl (C=O) groups is 3. The van der Waals surface area contributed by atoms with Crippen LogP contribution in [-0.2, 0) is 28.8 Å². The molecule has 11 nitrogen and oxygen atoms in total. The first-order valence-corrected chi connectivity index (χ1v) is 14.6. The van der Waals surface area contributed by atoms with E-state index in [-0.39, 0.29) is 54.2 Å². The number of ketones is 2. The molecule has 13 heteroatoms. The number of Topliss-reactive ketones (excluding diaryl/α,β-unsaturated/α-hetero) is 2. The number of nitrogens with zero attached hydrogens (tertiary/aromatic N) is 4. The standard InChI is InChI=1S/C20H23FN2O4.C14H14FN3O2/c1-20(2,3)27-18(25)11-15-12-22-16(19(23-15)26-4)9-10-17(24)13-5-7-14(21)8-6-13;1-20-14-11(17-8-13(16)18-14)6-7-12(19)9-2-4-10(15)5-3-9/h5-8,12H,9-11H2,1-4H3;2-5,8H,6-7H2,1H3,(H2,16,18). The van der Waals surface area contributed by atoms with Gasteiger partial charge < -0.3 is 19.9 Å². The topological polar surface area (TPSA) is 156 Å². The number of nitrogen functional groups attached to an aromatic ring is 1. The maximum Gasteiger partial charge on any atom is 0.312 e. The van der Waals surface area contributed by atoms with Crippen LogP contribution in [0.15, 0.2) is 60.9 Å². The number of halogens is 2. The highest BCUT2D eigenvalue weighted by molar-refractivity contribution is 5.96. The van der Waals surface area contributed by atoms with E-state index in [2.05, 4.69) is 19.9 Å². The predicted octanol–water partition coefficient (Wildman–Crippen LogP) is 5.35. The van der Waals surface area contributed by atoms with Crippen molar-refractivity contribution in [1.29, 1.82) is 0 Å². The Labute approximate surface area is 271 Å². The second kappa shape index (κ2) is 16.8. The number of aromatic nitrogens is 4. The summed E-state index contributed by atoms with van der Waals surface area (Å²) >= 11 is 0. The highest BCUT2D eigenvalue weighted by Crippen LogP contribution is 2.19. The third kappa shape index (κ3) is 11.8. The monoisotopic (exact) mass is 649 g/mol. The lowest BCUT2D eigenvalue weighted by molar-refractivity contribution is -0.154. The Hall–Kier alpha value is -5.33. The molecule has 0 fully saturated rings. The number of benzene rings is 2. The fourth-order valence-corrected chi connectivity index (χ4v) is 4.15. The largest absolute Gasteiger partial charge is 0.480 e. The molecule has 0 aliphatic heterocycles. The number of hydrogen-bond acceptors (Lipinski definition) is 11. The van der Waals surface area contributed by atoms with Gasteiger partial charge in [-0.25, -0.2) is 13.8 Å². The van der Waals surface area contributed by atoms with Crippen LogP contribution < -0.4 is 15.2 Å². The zero-order valence-electron chi connectivity index (χ0n) is 26.9. The molecular formula is C34H37F2N5O6. The van der Waals surface area contributed by atoms with E-state index in [1.807, 2.05) is 0 Å². The molecule has 0 saturated carbocycles. The quantitative estimate of drug-likeness (QED) is 0.156. The van der Waals surface area contributed by atoms with Crippen molar-refractivity contribution >= 4 is 23.4 Å². The first-order chi connectivity index (χ1) is 22.3. The first kappa shape index (κ1) is 36.1. The van der Waals surface area contributed by atoms with Gasteiger partial charge in [-0.2, -0.15) is 4.98 Å². The molecule has 0 aliphatic carbocycles. The van der Waals surface area contributed by atoms with Crippen molar-refractivity contribution in [3.63, 3.8) is 0 Å². The molecule has 0 unspecified atom stereocenters. The van der Waals surface area contributed by atoms with Crippen molar-refractivity contribution in [1.82, 2.24) is 19.9 Å². The van der Waals surface area contributed by atoms with Gasteiger partial charge in [0, 0.05) is 43.0 Å². The minimum atomic E-state index is -0.574. The number of hydrogen-bond donors (Lipinski definition) is 1. The van der Waals surface area contributed by atoms with E-state index in [0.717, 1.165) is 0 Å². The maximum absolute atomic E-state index is 12.9. The Morgan fingerprint density at radius 2 is 1.17 bits per heavy atom. The highest BCUT2D eigenvalue weighted by atomic mass is 19.1. The lowest BCUT2D eigenvalue weighted by atomic mass is 10.1. The van der Waals surface area contributed by atoms with Gasteiger partial charge in [0.1, 0.15) is 34.4 Å². The lowest BCUT2D eigenvalue weighted by Gasteiger charge is -2.19. The minimum absolute atomic E-state index is 0.0184. The van der Waals surface area contributed by atoms with Crippen LogP contribution in [0.25, 0.3) is 0 Å². The Balaban J connectivity index is 0.000000267. The maximum atomic E-state index is 12.9. The fourth-order valence-electron chi connectivity index (χ4n) is 4.15. The number of aryl methyl sites for hydroxylation is 2. The van der Waals surface area contributed by atoms with Crippen LogP contribution in [-0.4, -0.2) is 57.3 Å². The number of rotatable bonds is 12. The lowest BCUT2D eigenvalue weighted by Crippen LogP contribution is -2.25. The molecule has 47 heavy (non-hydrogen) atoms. The van der Waals surface area contributed by atoms with Crippen LogP contribution in [0, 0.1) is 11.6 Å². The van der Waals surface area contributed by atoms with Crippen molar-refractivity contribution in [2.24, 2.45) is 0 Å². The van der Waals surface area contributed by atoms with E-state index >= 15 is 0 Å². The summed E-state index contributed by atoms with van der Waals surface area (Å²) < 4.78 is 41.3. The second-order valence-corrected chi connectivity index (χ2v) is 11.2. The summed E-state index contributed by atoms with van der Waals surface area (Å²) in [6, 6.07) is 10.8. The molecule has 0 saturated heterocycles. The summed E-state index contributed by atoms with van der Waals surface area (Å²) in [5.41, 5.74) is 7.34. The SMILES string of the molecule is COc1nc(CC(=O)OC(C)(C)C)cnc1CCC(=O)c1ccc(F)cc1.COc1nc(N)cnc1CCC(=O)c1ccc(F)cc1. The first-order valence-electron chi connectivity index (χ1n) is 14.6. The molecule has 0 aliphatic rings. The smallest absolute Gasteiger partial charge is 0.312 e. The molecule has 4 rings (SSSR count). The normalized spacial score (nSPS) is 10.8. The second-order valence-electron chi connectivity index (χ2n) is 11.2. The highest BCUT2D eigenvalue weighted by Gasteiger charge is 2.19. The van der Waals surface area contributed by atoms with Crippen LogP contribution in [0.3, 0.4) is 0 Å². The molecule has 4 aromatic rings. The van der Waals surface area contributed by atoms with Gasteiger partial charge >= 0.3 is 5.97 Å². The average molecular weight is 650 g/mol. The van der Waals surface area contributed by atoms with E-state index in [1.165, 1.54) is 75.1 Å². The molecule has 2 aromatic carbocycles. The molecule has 2 heterocycles. The molecule has 0 amide bonds. The van der Waals surface area contributed by atoms with E-state index < -0.39 is 11.6 Å². The molecule has 0 bridgehead atoms. The Bertz CT molecular complexity index is 1680. The third-order valence-corrected chi connectivity index (χ3v) is 6.33.